The quantitative estimate of drug-likeness (QED) is 0.281. The van der Waals surface area contributed by atoms with E-state index in [1.54, 1.807) is 0 Å². The second-order valence-corrected chi connectivity index (χ2v) is 8.39. The number of rotatable bonds is 9. The van der Waals surface area contributed by atoms with Crippen LogP contribution in [0.5, 0.6) is 0 Å². The van der Waals surface area contributed by atoms with E-state index < -0.39 is 0 Å². The molecule has 176 valence electrons. The number of guanidine groups is 1. The van der Waals surface area contributed by atoms with Gasteiger partial charge in [-0.1, -0.05) is 31.2 Å². The predicted molar refractivity (Wildman–Crippen MR) is 138 cm³/mol. The summed E-state index contributed by atoms with van der Waals surface area (Å²) in [5.41, 5.74) is 2.44. The van der Waals surface area contributed by atoms with Crippen molar-refractivity contribution in [3.63, 3.8) is 0 Å². The van der Waals surface area contributed by atoms with Crippen LogP contribution >= 0.6 is 24.0 Å². The minimum atomic E-state index is 0. The predicted octanol–water partition coefficient (Wildman–Crippen LogP) is 3.93. The fourth-order valence-corrected chi connectivity index (χ4v) is 4.10. The van der Waals surface area contributed by atoms with E-state index in [2.05, 4.69) is 53.6 Å². The summed E-state index contributed by atoms with van der Waals surface area (Å²) in [4.78, 5) is 7.38. The molecule has 1 aromatic rings. The van der Waals surface area contributed by atoms with Crippen LogP contribution in [0.1, 0.15) is 57.1 Å². The normalized spacial score (nSPS) is 19.1. The first-order chi connectivity index (χ1) is 14.8. The number of hydrogen-bond acceptors (Lipinski definition) is 4. The molecule has 0 aliphatic carbocycles. The van der Waals surface area contributed by atoms with Crippen LogP contribution in [-0.4, -0.2) is 62.4 Å². The zero-order chi connectivity index (χ0) is 21.0. The van der Waals surface area contributed by atoms with Crippen molar-refractivity contribution < 1.29 is 9.47 Å². The molecule has 2 aliphatic rings. The van der Waals surface area contributed by atoms with Crippen LogP contribution in [0, 0.1) is 0 Å². The van der Waals surface area contributed by atoms with Crippen molar-refractivity contribution in [2.75, 3.05) is 39.4 Å². The topological polar surface area (TPSA) is 58.1 Å². The van der Waals surface area contributed by atoms with Gasteiger partial charge in [0, 0.05) is 38.9 Å². The Morgan fingerprint density at radius 3 is 2.39 bits per heavy atom. The number of halogens is 1. The van der Waals surface area contributed by atoms with Gasteiger partial charge in [-0.2, -0.15) is 0 Å². The van der Waals surface area contributed by atoms with Crippen molar-refractivity contribution in [3.8, 4) is 0 Å². The number of hydrogen-bond donors (Lipinski definition) is 2. The zero-order valence-electron chi connectivity index (χ0n) is 19.3. The monoisotopic (exact) mass is 544 g/mol. The zero-order valence-corrected chi connectivity index (χ0v) is 21.6. The Morgan fingerprint density at radius 2 is 1.74 bits per heavy atom. The summed E-state index contributed by atoms with van der Waals surface area (Å²) in [5, 5.41) is 7.04. The lowest BCUT2D eigenvalue weighted by Crippen LogP contribution is -2.48. The van der Waals surface area contributed by atoms with Gasteiger partial charge >= 0.3 is 0 Å². The van der Waals surface area contributed by atoms with Crippen molar-refractivity contribution in [3.05, 3.63) is 35.4 Å². The maximum atomic E-state index is 6.02. The maximum Gasteiger partial charge on any atom is 0.191 e. The molecular weight excluding hydrogens is 503 g/mol. The van der Waals surface area contributed by atoms with Gasteiger partial charge in [0.15, 0.2) is 5.96 Å². The highest BCUT2D eigenvalue weighted by Crippen LogP contribution is 2.14. The molecule has 2 N–H and O–H groups in total. The summed E-state index contributed by atoms with van der Waals surface area (Å²) in [6.07, 6.45) is 5.96. The number of benzene rings is 1. The second-order valence-electron chi connectivity index (χ2n) is 8.39. The molecule has 0 bridgehead atoms. The number of aliphatic imine (C=N–C) groups is 1. The molecular formula is C24H41IN4O2. The lowest BCUT2D eigenvalue weighted by molar-refractivity contribution is -0.0390. The number of likely N-dealkylation sites (tertiary alicyclic amines) is 1. The third-order valence-corrected chi connectivity index (χ3v) is 5.91. The van der Waals surface area contributed by atoms with E-state index >= 15 is 0 Å². The number of nitrogens with one attached hydrogen (secondary N) is 2. The van der Waals surface area contributed by atoms with E-state index in [9.17, 15) is 0 Å². The third-order valence-electron chi connectivity index (χ3n) is 5.91. The van der Waals surface area contributed by atoms with Gasteiger partial charge in [-0.15, -0.1) is 24.0 Å². The van der Waals surface area contributed by atoms with E-state index in [4.69, 9.17) is 14.5 Å². The van der Waals surface area contributed by atoms with Crippen LogP contribution in [0.15, 0.2) is 29.3 Å². The fraction of sp³-hybridized carbons (Fsp3) is 0.708. The molecule has 2 aliphatic heterocycles. The SMILES string of the molecule is CCCN1CCC(NC(=NCc2ccc(COC3CCOCC3)cc2)NCC)CC1.I. The largest absolute Gasteiger partial charge is 0.381 e. The Balaban J connectivity index is 0.00000341. The fourth-order valence-electron chi connectivity index (χ4n) is 4.10. The van der Waals surface area contributed by atoms with Crippen LogP contribution in [0.3, 0.4) is 0 Å². The lowest BCUT2D eigenvalue weighted by Gasteiger charge is -2.32. The molecule has 2 fully saturated rings. The summed E-state index contributed by atoms with van der Waals surface area (Å²) in [7, 11) is 0. The highest BCUT2D eigenvalue weighted by molar-refractivity contribution is 14.0. The smallest absolute Gasteiger partial charge is 0.191 e. The number of piperidine rings is 1. The average Bonchev–Trinajstić information content (AvgIpc) is 2.79. The standard InChI is InChI=1S/C24H40N4O2.HI/c1-3-13-28-14-9-22(10-15-28)27-24(25-4-2)26-18-20-5-7-21(8-6-20)19-30-23-11-16-29-17-12-23;/h5-8,22-23H,3-4,9-19H2,1-2H3,(H2,25,26,27);1H. The average molecular weight is 545 g/mol. The van der Waals surface area contributed by atoms with Gasteiger partial charge in [0.1, 0.15) is 0 Å². The molecule has 2 heterocycles. The molecule has 6 nitrogen and oxygen atoms in total. The van der Waals surface area contributed by atoms with E-state index in [1.807, 2.05) is 0 Å². The van der Waals surface area contributed by atoms with Crippen LogP contribution in [0.4, 0.5) is 0 Å². The van der Waals surface area contributed by atoms with Crippen molar-refractivity contribution in [1.29, 1.82) is 0 Å². The van der Waals surface area contributed by atoms with Gasteiger partial charge in [-0.05, 0) is 56.7 Å². The Labute approximate surface area is 205 Å². The summed E-state index contributed by atoms with van der Waals surface area (Å²) in [6.45, 7) is 11.8. The van der Waals surface area contributed by atoms with Crippen LogP contribution in [0.2, 0.25) is 0 Å². The van der Waals surface area contributed by atoms with E-state index in [1.165, 1.54) is 50.0 Å². The molecule has 0 amide bonds. The minimum absolute atomic E-state index is 0. The first-order valence-electron chi connectivity index (χ1n) is 11.8. The molecule has 1 aromatic carbocycles. The highest BCUT2D eigenvalue weighted by atomic mass is 127. The Hall–Kier alpha value is -0.900. The van der Waals surface area contributed by atoms with Gasteiger partial charge in [0.2, 0.25) is 0 Å². The summed E-state index contributed by atoms with van der Waals surface area (Å²) >= 11 is 0. The first kappa shape index (κ1) is 26.4. The minimum Gasteiger partial charge on any atom is -0.381 e. The van der Waals surface area contributed by atoms with Gasteiger partial charge in [-0.25, -0.2) is 4.99 Å². The van der Waals surface area contributed by atoms with Crippen LogP contribution in [0.25, 0.3) is 0 Å². The Kier molecular flexibility index (Phi) is 12.8. The molecule has 0 radical (unpaired) electrons. The van der Waals surface area contributed by atoms with E-state index in [-0.39, 0.29) is 24.0 Å². The third kappa shape index (κ3) is 9.63. The molecule has 2 saturated heterocycles. The van der Waals surface area contributed by atoms with Gasteiger partial charge in [0.25, 0.3) is 0 Å². The Bertz CT molecular complexity index is 627. The Morgan fingerprint density at radius 1 is 1.06 bits per heavy atom. The lowest BCUT2D eigenvalue weighted by atomic mass is 10.1. The molecule has 0 unspecified atom stereocenters. The van der Waals surface area contributed by atoms with Crippen LogP contribution < -0.4 is 10.6 Å². The molecule has 31 heavy (non-hydrogen) atoms. The van der Waals surface area contributed by atoms with E-state index in [0.717, 1.165) is 38.6 Å². The molecule has 0 spiro atoms. The summed E-state index contributed by atoms with van der Waals surface area (Å²) in [5.74, 6) is 0.929. The summed E-state index contributed by atoms with van der Waals surface area (Å²) < 4.78 is 11.4. The van der Waals surface area contributed by atoms with E-state index in [0.29, 0.717) is 25.3 Å². The second kappa shape index (κ2) is 15.0. The van der Waals surface area contributed by atoms with Crippen molar-refractivity contribution in [1.82, 2.24) is 15.5 Å². The summed E-state index contributed by atoms with van der Waals surface area (Å²) in [6, 6.07) is 9.17. The molecule has 0 atom stereocenters. The maximum absolute atomic E-state index is 6.02. The van der Waals surface area contributed by atoms with Crippen molar-refractivity contribution in [2.24, 2.45) is 4.99 Å². The number of ether oxygens (including phenoxy) is 2. The van der Waals surface area contributed by atoms with Crippen LogP contribution in [-0.2, 0) is 22.6 Å². The van der Waals surface area contributed by atoms with Gasteiger partial charge in [0.05, 0.1) is 19.3 Å². The van der Waals surface area contributed by atoms with Gasteiger partial charge in [-0.3, -0.25) is 0 Å². The molecule has 7 heteroatoms. The van der Waals surface area contributed by atoms with Crippen molar-refractivity contribution in [2.45, 2.75) is 71.2 Å². The highest BCUT2D eigenvalue weighted by Gasteiger charge is 2.19. The molecule has 0 aromatic heterocycles. The van der Waals surface area contributed by atoms with Gasteiger partial charge < -0.3 is 25.0 Å². The first-order valence-corrected chi connectivity index (χ1v) is 11.8. The van der Waals surface area contributed by atoms with Crippen molar-refractivity contribution >= 4 is 29.9 Å². The number of nitrogens with zero attached hydrogens (tertiary/aromatic N) is 2. The molecule has 3 rings (SSSR count). The molecule has 0 saturated carbocycles.